The van der Waals surface area contributed by atoms with E-state index in [-0.39, 0.29) is 0 Å². The van der Waals surface area contributed by atoms with E-state index in [1.807, 2.05) is 0 Å². The molecule has 65 heavy (non-hydrogen) atoms. The summed E-state index contributed by atoms with van der Waals surface area (Å²) in [6.45, 7) is 0. The van der Waals surface area contributed by atoms with Crippen LogP contribution in [0.4, 0.5) is 17.1 Å². The number of furan rings is 1. The van der Waals surface area contributed by atoms with Crippen molar-refractivity contribution in [2.45, 2.75) is 0 Å². The fourth-order valence-corrected chi connectivity index (χ4v) is 10.2. The first-order valence-corrected chi connectivity index (χ1v) is 22.2. The summed E-state index contributed by atoms with van der Waals surface area (Å²) in [5.74, 6) is 0. The number of para-hydroxylation sites is 4. The first kappa shape index (κ1) is 36.9. The zero-order chi connectivity index (χ0) is 42.8. The lowest BCUT2D eigenvalue weighted by Gasteiger charge is -2.28. The van der Waals surface area contributed by atoms with E-state index in [9.17, 15) is 0 Å². The third-order valence-corrected chi connectivity index (χ3v) is 13.2. The van der Waals surface area contributed by atoms with Crippen molar-refractivity contribution in [2.24, 2.45) is 0 Å². The smallest absolute Gasteiger partial charge is 0.143 e. The first-order valence-electron chi connectivity index (χ1n) is 22.2. The highest BCUT2D eigenvalue weighted by molar-refractivity contribution is 6.18. The topological polar surface area (TPSA) is 21.3 Å². The summed E-state index contributed by atoms with van der Waals surface area (Å²) in [7, 11) is 0. The van der Waals surface area contributed by atoms with Gasteiger partial charge in [0.2, 0.25) is 0 Å². The molecule has 0 atom stereocenters. The van der Waals surface area contributed by atoms with Crippen LogP contribution in [0.5, 0.6) is 0 Å². The van der Waals surface area contributed by atoms with Crippen LogP contribution in [0.15, 0.2) is 247 Å². The Hall–Kier alpha value is -8.66. The highest BCUT2D eigenvalue weighted by Gasteiger charge is 2.22. The molecule has 0 aliphatic heterocycles. The Morgan fingerprint density at radius 3 is 1.69 bits per heavy atom. The summed E-state index contributed by atoms with van der Waals surface area (Å²) in [6.07, 6.45) is 0. The van der Waals surface area contributed by atoms with Gasteiger partial charge in [0.05, 0.1) is 16.7 Å². The summed E-state index contributed by atoms with van der Waals surface area (Å²) in [4.78, 5) is 2.40. The predicted octanol–water partition coefficient (Wildman–Crippen LogP) is 17.5. The van der Waals surface area contributed by atoms with Gasteiger partial charge in [0.15, 0.2) is 0 Å². The molecule has 0 bridgehead atoms. The van der Waals surface area contributed by atoms with Crippen LogP contribution in [0.2, 0.25) is 0 Å². The number of nitrogens with zero attached hydrogens (tertiary/aromatic N) is 2. The van der Waals surface area contributed by atoms with Gasteiger partial charge in [-0.3, -0.25) is 0 Å². The Morgan fingerprint density at radius 2 is 0.877 bits per heavy atom. The summed E-state index contributed by atoms with van der Waals surface area (Å²) in [5, 5.41) is 9.48. The summed E-state index contributed by atoms with van der Waals surface area (Å²) >= 11 is 0. The van der Waals surface area contributed by atoms with Crippen molar-refractivity contribution in [3.05, 3.63) is 243 Å². The molecule has 0 fully saturated rings. The van der Waals surface area contributed by atoms with E-state index in [1.165, 1.54) is 43.5 Å². The maximum atomic E-state index is 6.94. The molecule has 0 N–H and O–H groups in total. The van der Waals surface area contributed by atoms with Gasteiger partial charge in [-0.1, -0.05) is 182 Å². The van der Waals surface area contributed by atoms with Crippen molar-refractivity contribution >= 4 is 82.4 Å². The molecular formula is C62H40N2O. The van der Waals surface area contributed by atoms with Crippen LogP contribution in [0.1, 0.15) is 0 Å². The molecule has 3 nitrogen and oxygen atoms in total. The van der Waals surface area contributed by atoms with Crippen molar-refractivity contribution in [1.29, 1.82) is 0 Å². The minimum Gasteiger partial charge on any atom is -0.455 e. The molecule has 11 aromatic carbocycles. The fourth-order valence-electron chi connectivity index (χ4n) is 10.2. The lowest BCUT2D eigenvalue weighted by Crippen LogP contribution is -2.11. The van der Waals surface area contributed by atoms with Gasteiger partial charge in [-0.2, -0.15) is 0 Å². The molecule has 0 spiro atoms. The van der Waals surface area contributed by atoms with Crippen LogP contribution in [-0.2, 0) is 0 Å². The standard InChI is InChI=1S/C62H40N2O/c1-3-22-49-42(15-1)17-13-27-50(49)45-19-12-20-47(40-45)63(58-30-8-7-26-54(58)55-28-14-29-56-57-38-35-43-16-2-4-23-51(43)61(57)65-62(55)56)46-36-33-41(34-37-46)44-18-11-21-48(39-44)64-59-31-9-5-24-52(59)53-25-6-10-32-60(53)64/h1-40H. The molecular weight excluding hydrogens is 789 g/mol. The molecule has 0 aliphatic rings. The average molecular weight is 829 g/mol. The van der Waals surface area contributed by atoms with Crippen LogP contribution in [0, 0.1) is 0 Å². The normalized spacial score (nSPS) is 11.7. The Bertz CT molecular complexity index is 3910. The Labute approximate surface area is 376 Å². The van der Waals surface area contributed by atoms with Crippen LogP contribution < -0.4 is 4.90 Å². The monoisotopic (exact) mass is 828 g/mol. The van der Waals surface area contributed by atoms with Gasteiger partial charge < -0.3 is 13.9 Å². The number of hydrogen-bond donors (Lipinski definition) is 0. The highest BCUT2D eigenvalue weighted by atomic mass is 16.3. The van der Waals surface area contributed by atoms with E-state index in [4.69, 9.17) is 4.42 Å². The molecule has 0 radical (unpaired) electrons. The molecule has 2 aromatic heterocycles. The summed E-state index contributed by atoms with van der Waals surface area (Å²) in [6, 6.07) is 87.6. The van der Waals surface area contributed by atoms with Crippen molar-refractivity contribution < 1.29 is 4.42 Å². The van der Waals surface area contributed by atoms with E-state index < -0.39 is 0 Å². The van der Waals surface area contributed by atoms with Gasteiger partial charge in [0.1, 0.15) is 11.2 Å². The van der Waals surface area contributed by atoms with E-state index in [0.717, 1.165) is 77.9 Å². The van der Waals surface area contributed by atoms with Crippen molar-refractivity contribution in [3.63, 3.8) is 0 Å². The molecule has 0 amide bonds. The third-order valence-electron chi connectivity index (χ3n) is 13.2. The molecule has 0 aliphatic carbocycles. The van der Waals surface area contributed by atoms with Crippen LogP contribution in [0.25, 0.3) is 104 Å². The molecule has 2 heterocycles. The van der Waals surface area contributed by atoms with Gasteiger partial charge in [-0.15, -0.1) is 0 Å². The van der Waals surface area contributed by atoms with E-state index in [1.54, 1.807) is 0 Å². The minimum atomic E-state index is 0.884. The molecule has 304 valence electrons. The summed E-state index contributed by atoms with van der Waals surface area (Å²) < 4.78 is 9.33. The molecule has 13 rings (SSSR count). The van der Waals surface area contributed by atoms with E-state index in [0.29, 0.717) is 0 Å². The van der Waals surface area contributed by atoms with Gasteiger partial charge in [0.25, 0.3) is 0 Å². The lowest BCUT2D eigenvalue weighted by molar-refractivity contribution is 0.674. The quantitative estimate of drug-likeness (QED) is 0.160. The molecule has 0 unspecified atom stereocenters. The van der Waals surface area contributed by atoms with Crippen molar-refractivity contribution in [1.82, 2.24) is 4.57 Å². The van der Waals surface area contributed by atoms with Gasteiger partial charge in [-0.25, -0.2) is 0 Å². The van der Waals surface area contributed by atoms with Gasteiger partial charge in [0, 0.05) is 55.1 Å². The lowest BCUT2D eigenvalue weighted by atomic mass is 9.96. The van der Waals surface area contributed by atoms with Crippen LogP contribution in [-0.4, -0.2) is 4.57 Å². The van der Waals surface area contributed by atoms with Crippen molar-refractivity contribution in [2.75, 3.05) is 4.90 Å². The number of aromatic nitrogens is 1. The zero-order valence-electron chi connectivity index (χ0n) is 35.4. The van der Waals surface area contributed by atoms with Gasteiger partial charge in [-0.05, 0) is 99.1 Å². The number of anilines is 3. The van der Waals surface area contributed by atoms with Crippen LogP contribution in [0.3, 0.4) is 0 Å². The third kappa shape index (κ3) is 6.05. The second kappa shape index (κ2) is 15.0. The SMILES string of the molecule is c1cc(-c2cccc3ccccc23)cc(N(c2ccc(-c3cccc(-n4c5ccccc5c5ccccc54)c3)cc2)c2ccccc2-c2cccc3c2oc2c4ccccc4ccc32)c1. The highest BCUT2D eigenvalue weighted by Crippen LogP contribution is 2.46. The number of rotatable bonds is 7. The Balaban J connectivity index is 0.973. The Kier molecular flexibility index (Phi) is 8.53. The Morgan fingerprint density at radius 1 is 0.308 bits per heavy atom. The van der Waals surface area contributed by atoms with E-state index >= 15 is 0 Å². The zero-order valence-corrected chi connectivity index (χ0v) is 35.4. The average Bonchev–Trinajstić information content (AvgIpc) is 3.93. The second-order valence-electron chi connectivity index (χ2n) is 16.8. The van der Waals surface area contributed by atoms with Gasteiger partial charge >= 0.3 is 0 Å². The molecule has 0 saturated carbocycles. The van der Waals surface area contributed by atoms with E-state index in [2.05, 4.69) is 252 Å². The second-order valence-corrected chi connectivity index (χ2v) is 16.8. The van der Waals surface area contributed by atoms with Crippen LogP contribution >= 0.6 is 0 Å². The number of fused-ring (bicyclic) bond motifs is 9. The number of hydrogen-bond acceptors (Lipinski definition) is 2. The molecule has 0 saturated heterocycles. The largest absolute Gasteiger partial charge is 0.455 e. The maximum Gasteiger partial charge on any atom is 0.143 e. The number of benzene rings is 11. The molecule has 3 heteroatoms. The maximum absolute atomic E-state index is 6.94. The molecule has 13 aromatic rings. The first-order chi connectivity index (χ1) is 32.2. The minimum absolute atomic E-state index is 0.884. The van der Waals surface area contributed by atoms with Crippen molar-refractivity contribution in [3.8, 4) is 39.1 Å². The predicted molar refractivity (Wildman–Crippen MR) is 274 cm³/mol. The fraction of sp³-hybridized carbons (Fsp3) is 0. The summed E-state index contributed by atoms with van der Waals surface area (Å²) in [5.41, 5.74) is 15.3.